The van der Waals surface area contributed by atoms with Crippen LogP contribution < -0.4 is 0 Å². The lowest BCUT2D eigenvalue weighted by Gasteiger charge is -2.27. The molecule has 0 aromatic carbocycles. The van der Waals surface area contributed by atoms with Crippen molar-refractivity contribution in [2.24, 2.45) is 5.92 Å². The number of methoxy groups -OCH3 is 1. The molecule has 0 N–H and O–H groups in total. The Hall–Kier alpha value is -0.450. The fraction of sp³-hybridized carbons (Fsp3) is 0.909. The normalized spacial score (nSPS) is 22.3. The minimum absolute atomic E-state index is 0.0653. The second kappa shape index (κ2) is 6.93. The van der Waals surface area contributed by atoms with Crippen molar-refractivity contribution >= 4 is 5.78 Å². The quantitative estimate of drug-likeness (QED) is 0.649. The zero-order chi connectivity index (χ0) is 11.1. The van der Waals surface area contributed by atoms with Gasteiger partial charge in [0, 0.05) is 26.6 Å². The maximum atomic E-state index is 11.6. The Morgan fingerprint density at radius 1 is 1.60 bits per heavy atom. The minimum atomic E-state index is 0.0653. The predicted molar refractivity (Wildman–Crippen MR) is 57.9 cm³/mol. The van der Waals surface area contributed by atoms with Gasteiger partial charge in [0.2, 0.25) is 0 Å². The van der Waals surface area contributed by atoms with Crippen LogP contribution in [0.1, 0.15) is 13.3 Å². The van der Waals surface area contributed by atoms with Crippen molar-refractivity contribution in [2.45, 2.75) is 13.3 Å². The summed E-state index contributed by atoms with van der Waals surface area (Å²) in [5.41, 5.74) is 0. The first kappa shape index (κ1) is 12.6. The number of carbonyl (C=O) groups excluding carboxylic acids is 1. The third kappa shape index (κ3) is 4.28. The number of nitrogens with zero attached hydrogens (tertiary/aromatic N) is 1. The Labute approximate surface area is 91.5 Å². The molecule has 88 valence electrons. The highest BCUT2D eigenvalue weighted by atomic mass is 16.5. The van der Waals surface area contributed by atoms with Crippen molar-refractivity contribution < 1.29 is 14.3 Å². The van der Waals surface area contributed by atoms with E-state index in [9.17, 15) is 4.79 Å². The molecule has 4 heteroatoms. The zero-order valence-electron chi connectivity index (χ0n) is 9.70. The third-order valence-corrected chi connectivity index (χ3v) is 2.80. The van der Waals surface area contributed by atoms with Crippen LogP contribution in [0.15, 0.2) is 0 Å². The van der Waals surface area contributed by atoms with Gasteiger partial charge >= 0.3 is 0 Å². The van der Waals surface area contributed by atoms with E-state index in [-0.39, 0.29) is 5.92 Å². The van der Waals surface area contributed by atoms with Crippen molar-refractivity contribution in [3.05, 3.63) is 0 Å². The highest BCUT2D eigenvalue weighted by Gasteiger charge is 2.24. The van der Waals surface area contributed by atoms with Gasteiger partial charge in [-0.3, -0.25) is 4.79 Å². The Bertz CT molecular complexity index is 196. The maximum Gasteiger partial charge on any atom is 0.141 e. The zero-order valence-corrected chi connectivity index (χ0v) is 9.70. The number of ether oxygens (including phenoxy) is 2. The molecular formula is C11H21NO3. The largest absolute Gasteiger partial charge is 0.383 e. The van der Waals surface area contributed by atoms with Gasteiger partial charge in [-0.25, -0.2) is 0 Å². The van der Waals surface area contributed by atoms with Crippen LogP contribution in [0, 0.1) is 5.92 Å². The molecule has 1 rings (SSSR count). The Kier molecular flexibility index (Phi) is 5.83. The smallest absolute Gasteiger partial charge is 0.141 e. The molecule has 4 nitrogen and oxygen atoms in total. The molecule has 0 radical (unpaired) electrons. The van der Waals surface area contributed by atoms with E-state index < -0.39 is 0 Å². The number of hydrogen-bond acceptors (Lipinski definition) is 4. The number of carbonyl (C=O) groups is 1. The van der Waals surface area contributed by atoms with E-state index in [1.54, 1.807) is 7.11 Å². The monoisotopic (exact) mass is 215 g/mol. The van der Waals surface area contributed by atoms with Crippen LogP contribution >= 0.6 is 0 Å². The van der Waals surface area contributed by atoms with Crippen LogP contribution in [0.25, 0.3) is 0 Å². The Morgan fingerprint density at radius 2 is 2.40 bits per heavy atom. The van der Waals surface area contributed by atoms with Gasteiger partial charge < -0.3 is 14.4 Å². The van der Waals surface area contributed by atoms with Crippen LogP contribution in [0.4, 0.5) is 0 Å². The first-order chi connectivity index (χ1) is 7.27. The highest BCUT2D eigenvalue weighted by Crippen LogP contribution is 2.11. The van der Waals surface area contributed by atoms with Crippen LogP contribution in [0.5, 0.6) is 0 Å². The van der Waals surface area contributed by atoms with Crippen molar-refractivity contribution in [3.63, 3.8) is 0 Å². The van der Waals surface area contributed by atoms with Gasteiger partial charge in [-0.1, -0.05) is 6.92 Å². The highest BCUT2D eigenvalue weighted by molar-refractivity contribution is 5.82. The van der Waals surface area contributed by atoms with Crippen LogP contribution in [-0.2, 0) is 14.3 Å². The third-order valence-electron chi connectivity index (χ3n) is 2.80. The molecule has 1 atom stereocenters. The van der Waals surface area contributed by atoms with Gasteiger partial charge in [-0.15, -0.1) is 0 Å². The average molecular weight is 215 g/mol. The molecule has 1 aliphatic heterocycles. The number of Topliss-reactive ketones (excluding diaryl/α,β-unsaturated/α-hetero) is 1. The van der Waals surface area contributed by atoms with Gasteiger partial charge in [0.05, 0.1) is 25.7 Å². The molecule has 0 saturated carbocycles. The molecule has 0 aromatic rings. The van der Waals surface area contributed by atoms with Crippen molar-refractivity contribution in [1.29, 1.82) is 0 Å². The van der Waals surface area contributed by atoms with Crippen molar-refractivity contribution in [3.8, 4) is 0 Å². The summed E-state index contributed by atoms with van der Waals surface area (Å²) in [5.74, 6) is 0.410. The number of hydrogen-bond donors (Lipinski definition) is 0. The lowest BCUT2D eigenvalue weighted by molar-refractivity contribution is -0.131. The lowest BCUT2D eigenvalue weighted by atomic mass is 10.00. The number of rotatable bonds is 6. The number of likely N-dealkylation sites (N-methyl/N-ethyl adjacent to an activating group) is 1. The minimum Gasteiger partial charge on any atom is -0.383 e. The first-order valence-electron chi connectivity index (χ1n) is 5.59. The summed E-state index contributed by atoms with van der Waals surface area (Å²) in [7, 11) is 1.70. The molecule has 1 aliphatic rings. The molecule has 15 heavy (non-hydrogen) atoms. The predicted octanol–water partition coefficient (Wildman–Crippen LogP) is 0.560. The van der Waals surface area contributed by atoms with Gasteiger partial charge in [0.1, 0.15) is 5.78 Å². The van der Waals surface area contributed by atoms with Gasteiger partial charge in [0.15, 0.2) is 0 Å². The topological polar surface area (TPSA) is 38.8 Å². The molecule has 1 unspecified atom stereocenters. The molecule has 0 aromatic heterocycles. The average Bonchev–Trinajstić information content (AvgIpc) is 2.26. The first-order valence-corrected chi connectivity index (χ1v) is 5.59. The van der Waals surface area contributed by atoms with E-state index in [2.05, 4.69) is 11.8 Å². The molecule has 1 fully saturated rings. The maximum absolute atomic E-state index is 11.6. The fourth-order valence-corrected chi connectivity index (χ4v) is 1.76. The lowest BCUT2D eigenvalue weighted by Crippen LogP contribution is -2.39. The van der Waals surface area contributed by atoms with E-state index in [1.807, 2.05) is 0 Å². The molecule has 0 aliphatic carbocycles. The fourth-order valence-electron chi connectivity index (χ4n) is 1.76. The van der Waals surface area contributed by atoms with Crippen LogP contribution in [0.2, 0.25) is 0 Å². The summed E-state index contributed by atoms with van der Waals surface area (Å²) < 4.78 is 10.4. The summed E-state index contributed by atoms with van der Waals surface area (Å²) in [6.07, 6.45) is 0.576. The summed E-state index contributed by atoms with van der Waals surface area (Å²) in [4.78, 5) is 13.8. The van der Waals surface area contributed by atoms with E-state index in [1.165, 1.54) is 0 Å². The molecule has 1 saturated heterocycles. The summed E-state index contributed by atoms with van der Waals surface area (Å²) in [6, 6.07) is 0. The molecule has 0 spiro atoms. The van der Waals surface area contributed by atoms with E-state index in [0.717, 1.165) is 26.2 Å². The van der Waals surface area contributed by atoms with Crippen LogP contribution in [-0.4, -0.2) is 57.2 Å². The van der Waals surface area contributed by atoms with E-state index in [4.69, 9.17) is 9.47 Å². The summed E-state index contributed by atoms with van der Waals surface area (Å²) in [5, 5.41) is 0. The molecule has 0 bridgehead atoms. The molecule has 0 amide bonds. The van der Waals surface area contributed by atoms with E-state index >= 15 is 0 Å². The second-order valence-corrected chi connectivity index (χ2v) is 3.87. The van der Waals surface area contributed by atoms with Gasteiger partial charge in [0.25, 0.3) is 0 Å². The summed E-state index contributed by atoms with van der Waals surface area (Å²) >= 11 is 0. The second-order valence-electron chi connectivity index (χ2n) is 3.87. The van der Waals surface area contributed by atoms with Crippen molar-refractivity contribution in [1.82, 2.24) is 4.90 Å². The standard InChI is InChI=1S/C11H21NO3/c1-3-12(5-7-14-2)8-10-9-15-6-4-11(10)13/h10H,3-9H2,1-2H3. The van der Waals surface area contributed by atoms with Crippen LogP contribution in [0.3, 0.4) is 0 Å². The SMILES string of the molecule is CCN(CCOC)CC1COCCC1=O. The molecule has 1 heterocycles. The molecular weight excluding hydrogens is 194 g/mol. The van der Waals surface area contributed by atoms with Gasteiger partial charge in [-0.2, -0.15) is 0 Å². The van der Waals surface area contributed by atoms with E-state index in [0.29, 0.717) is 25.4 Å². The summed E-state index contributed by atoms with van der Waals surface area (Å²) in [6.45, 7) is 6.64. The van der Waals surface area contributed by atoms with Gasteiger partial charge in [-0.05, 0) is 6.54 Å². The Morgan fingerprint density at radius 3 is 3.00 bits per heavy atom. The van der Waals surface area contributed by atoms with Crippen molar-refractivity contribution in [2.75, 3.05) is 46.6 Å². The number of ketones is 1. The Balaban J connectivity index is 2.32.